The molecule has 0 amide bonds. The summed E-state index contributed by atoms with van der Waals surface area (Å²) in [5.74, 6) is 0.749. The van der Waals surface area contributed by atoms with Gasteiger partial charge in [-0.2, -0.15) is 13.2 Å². The third-order valence-corrected chi connectivity index (χ3v) is 7.00. The highest BCUT2D eigenvalue weighted by molar-refractivity contribution is 9.10. The molecular weight excluding hydrogens is 539 g/mol. The van der Waals surface area contributed by atoms with Gasteiger partial charge in [0, 0.05) is 28.8 Å². The van der Waals surface area contributed by atoms with Gasteiger partial charge in [0.1, 0.15) is 5.75 Å². The molecule has 8 nitrogen and oxygen atoms in total. The summed E-state index contributed by atoms with van der Waals surface area (Å²) in [6.45, 7) is 3.69. The third-order valence-electron chi connectivity index (χ3n) is 5.03. The molecule has 0 unspecified atom stereocenters. The molecule has 2 N–H and O–H groups in total. The van der Waals surface area contributed by atoms with E-state index < -0.39 is 32.7 Å². The van der Waals surface area contributed by atoms with Crippen LogP contribution < -0.4 is 9.46 Å². The summed E-state index contributed by atoms with van der Waals surface area (Å²) in [5, 5.41) is 9.08. The van der Waals surface area contributed by atoms with Gasteiger partial charge in [0.05, 0.1) is 16.5 Å². The highest BCUT2D eigenvalue weighted by atomic mass is 79.9. The number of benzene rings is 2. The predicted molar refractivity (Wildman–Crippen MR) is 122 cm³/mol. The Balaban J connectivity index is 1.59. The molecule has 13 heteroatoms. The number of alkyl halides is 3. The van der Waals surface area contributed by atoms with Crippen LogP contribution in [0.4, 0.5) is 13.2 Å². The van der Waals surface area contributed by atoms with E-state index in [1.165, 1.54) is 6.92 Å². The number of hydrogen-bond acceptors (Lipinski definition) is 5. The minimum absolute atomic E-state index is 0.0122. The van der Waals surface area contributed by atoms with Crippen LogP contribution in [0, 0.1) is 0 Å². The van der Waals surface area contributed by atoms with Gasteiger partial charge in [-0.1, -0.05) is 21.0 Å². The maximum atomic E-state index is 13.1. The summed E-state index contributed by atoms with van der Waals surface area (Å²) >= 11 is 2.94. The van der Waals surface area contributed by atoms with E-state index in [1.54, 1.807) is 29.8 Å². The lowest BCUT2D eigenvalue weighted by atomic mass is 10.2. The van der Waals surface area contributed by atoms with E-state index >= 15 is 0 Å². The number of sulfonamides is 1. The summed E-state index contributed by atoms with van der Waals surface area (Å²) in [7, 11) is -4.31. The standard InChI is InChI=1S/C21H19BrF3N5O3S/c1-3-30-19(27-28-20(30)33-16-5-4-13-6-7-26-18(13)11-16)12(2)29-34(31,32)17-9-14(21(23,24)25)8-15(22)10-17/h4-12,26,29H,3H2,1-2H3/t12-/m1/s1. The van der Waals surface area contributed by atoms with Gasteiger partial charge in [-0.25, -0.2) is 13.1 Å². The third kappa shape index (κ3) is 4.95. The molecule has 0 fully saturated rings. The Kier molecular flexibility index (Phi) is 6.44. The quantitative estimate of drug-likeness (QED) is 0.317. The van der Waals surface area contributed by atoms with E-state index in [4.69, 9.17) is 4.74 Å². The van der Waals surface area contributed by atoms with Crippen molar-refractivity contribution < 1.29 is 26.3 Å². The summed E-state index contributed by atoms with van der Waals surface area (Å²) in [4.78, 5) is 2.55. The first-order chi connectivity index (χ1) is 16.0. The van der Waals surface area contributed by atoms with Crippen molar-refractivity contribution in [3.8, 4) is 11.8 Å². The number of nitrogens with one attached hydrogen (secondary N) is 2. The number of H-pyrrole nitrogens is 1. The topological polar surface area (TPSA) is 102 Å². The lowest BCUT2D eigenvalue weighted by molar-refractivity contribution is -0.137. The normalized spacial score (nSPS) is 13.4. The van der Waals surface area contributed by atoms with Crippen LogP contribution in [0.1, 0.15) is 31.3 Å². The van der Waals surface area contributed by atoms with Crippen molar-refractivity contribution >= 4 is 36.9 Å². The maximum Gasteiger partial charge on any atom is 0.416 e. The van der Waals surface area contributed by atoms with Crippen molar-refractivity contribution in [2.24, 2.45) is 0 Å². The molecule has 1 atom stereocenters. The molecule has 4 rings (SSSR count). The average molecular weight is 558 g/mol. The van der Waals surface area contributed by atoms with Crippen LogP contribution in [0.5, 0.6) is 11.8 Å². The van der Waals surface area contributed by atoms with E-state index in [1.807, 2.05) is 12.1 Å². The van der Waals surface area contributed by atoms with Crippen LogP contribution in [-0.2, 0) is 22.7 Å². The fourth-order valence-electron chi connectivity index (χ4n) is 3.42. The number of aromatic nitrogens is 4. The van der Waals surface area contributed by atoms with Crippen molar-refractivity contribution in [1.82, 2.24) is 24.5 Å². The molecule has 2 aromatic carbocycles. The highest BCUT2D eigenvalue weighted by Gasteiger charge is 2.33. The predicted octanol–water partition coefficient (Wildman–Crippen LogP) is 5.39. The second-order valence-electron chi connectivity index (χ2n) is 7.43. The summed E-state index contributed by atoms with van der Waals surface area (Å²) < 4.78 is 74.9. The number of nitrogens with zero attached hydrogens (tertiary/aromatic N) is 3. The van der Waals surface area contributed by atoms with Gasteiger partial charge in [-0.15, -0.1) is 5.10 Å². The molecule has 2 aromatic heterocycles. The Hall–Kier alpha value is -2.90. The molecule has 180 valence electrons. The molecule has 34 heavy (non-hydrogen) atoms. The van der Waals surface area contributed by atoms with E-state index in [9.17, 15) is 21.6 Å². The first kappa shape index (κ1) is 24.2. The van der Waals surface area contributed by atoms with E-state index in [-0.39, 0.29) is 16.3 Å². The summed E-state index contributed by atoms with van der Waals surface area (Å²) in [6, 6.07) is 9.08. The first-order valence-electron chi connectivity index (χ1n) is 10.1. The summed E-state index contributed by atoms with van der Waals surface area (Å²) in [5.41, 5.74) is -0.213. The molecular formula is C21H19BrF3N5O3S. The Morgan fingerprint density at radius 1 is 1.18 bits per heavy atom. The fraction of sp³-hybridized carbons (Fsp3) is 0.238. The van der Waals surface area contributed by atoms with Gasteiger partial charge in [-0.3, -0.25) is 4.57 Å². The van der Waals surface area contributed by atoms with E-state index in [2.05, 4.69) is 35.8 Å². The van der Waals surface area contributed by atoms with Crippen LogP contribution in [-0.4, -0.2) is 28.2 Å². The largest absolute Gasteiger partial charge is 0.424 e. The monoisotopic (exact) mass is 557 g/mol. The molecule has 2 heterocycles. The molecule has 0 saturated carbocycles. The zero-order valence-electron chi connectivity index (χ0n) is 17.9. The highest BCUT2D eigenvalue weighted by Crippen LogP contribution is 2.33. The number of ether oxygens (including phenoxy) is 1. The van der Waals surface area contributed by atoms with Crippen molar-refractivity contribution in [1.29, 1.82) is 0 Å². The Bertz CT molecular complexity index is 1450. The SMILES string of the molecule is CCn1c(Oc2ccc3cc[nH]c3c2)nnc1[C@@H](C)NS(=O)(=O)c1cc(Br)cc(C(F)(F)F)c1. The Labute approximate surface area is 201 Å². The number of aromatic amines is 1. The van der Waals surface area contributed by atoms with Crippen LogP contribution >= 0.6 is 15.9 Å². The number of hydrogen-bond donors (Lipinski definition) is 2. The molecule has 4 aromatic rings. The van der Waals surface area contributed by atoms with Gasteiger partial charge in [0.25, 0.3) is 0 Å². The minimum atomic E-state index is -4.70. The van der Waals surface area contributed by atoms with Crippen molar-refractivity contribution in [3.63, 3.8) is 0 Å². The zero-order valence-corrected chi connectivity index (χ0v) is 20.3. The first-order valence-corrected chi connectivity index (χ1v) is 12.3. The van der Waals surface area contributed by atoms with Gasteiger partial charge in [-0.05, 0) is 55.6 Å². The van der Waals surface area contributed by atoms with Crippen molar-refractivity contribution in [2.75, 3.05) is 0 Å². The molecule has 0 bridgehead atoms. The number of rotatable bonds is 7. The lowest BCUT2D eigenvalue weighted by Gasteiger charge is -2.16. The van der Waals surface area contributed by atoms with Gasteiger partial charge < -0.3 is 9.72 Å². The summed E-state index contributed by atoms with van der Waals surface area (Å²) in [6.07, 6.45) is -2.89. The molecule has 0 aliphatic carbocycles. The van der Waals surface area contributed by atoms with E-state index in [0.717, 1.165) is 23.0 Å². The maximum absolute atomic E-state index is 13.1. The molecule has 0 radical (unpaired) electrons. The average Bonchev–Trinajstić information content (AvgIpc) is 3.38. The van der Waals surface area contributed by atoms with Gasteiger partial charge in [0.15, 0.2) is 5.82 Å². The number of halogens is 4. The second kappa shape index (κ2) is 9.04. The Morgan fingerprint density at radius 3 is 2.65 bits per heavy atom. The molecule has 0 aliphatic rings. The van der Waals surface area contributed by atoms with Gasteiger partial charge in [0.2, 0.25) is 10.0 Å². The van der Waals surface area contributed by atoms with Gasteiger partial charge >= 0.3 is 12.2 Å². The van der Waals surface area contributed by atoms with Crippen LogP contribution in [0.3, 0.4) is 0 Å². The lowest BCUT2D eigenvalue weighted by Crippen LogP contribution is -2.29. The fourth-order valence-corrected chi connectivity index (χ4v) is 5.34. The smallest absolute Gasteiger partial charge is 0.416 e. The Morgan fingerprint density at radius 2 is 1.94 bits per heavy atom. The van der Waals surface area contributed by atoms with Crippen molar-refractivity contribution in [3.05, 3.63) is 64.5 Å². The van der Waals surface area contributed by atoms with E-state index in [0.29, 0.717) is 18.4 Å². The zero-order chi connectivity index (χ0) is 24.7. The van der Waals surface area contributed by atoms with Crippen LogP contribution in [0.25, 0.3) is 10.9 Å². The van der Waals surface area contributed by atoms with Crippen molar-refractivity contribution in [2.45, 2.75) is 37.5 Å². The van der Waals surface area contributed by atoms with Crippen LogP contribution in [0.2, 0.25) is 0 Å². The van der Waals surface area contributed by atoms with Crippen LogP contribution in [0.15, 0.2) is 58.0 Å². The number of fused-ring (bicyclic) bond motifs is 1. The molecule has 0 spiro atoms. The second-order valence-corrected chi connectivity index (χ2v) is 10.1. The minimum Gasteiger partial charge on any atom is -0.424 e. The molecule has 0 aliphatic heterocycles. The molecule has 0 saturated heterocycles.